The molecule has 0 saturated carbocycles. The molecule has 2 atom stereocenters. The second kappa shape index (κ2) is 7.49. The summed E-state index contributed by atoms with van der Waals surface area (Å²) in [7, 11) is 3.16. The molecule has 0 heterocycles. The molecular formula is C13H19F2NO3. The van der Waals surface area contributed by atoms with E-state index in [0.29, 0.717) is 0 Å². The van der Waals surface area contributed by atoms with Crippen LogP contribution >= 0.6 is 0 Å². The van der Waals surface area contributed by atoms with Gasteiger partial charge in [0.25, 0.3) is 0 Å². The Balaban J connectivity index is 2.56. The van der Waals surface area contributed by atoms with E-state index < -0.39 is 23.8 Å². The van der Waals surface area contributed by atoms with Crippen LogP contribution in [0.4, 0.5) is 8.78 Å². The molecule has 0 aliphatic heterocycles. The standard InChI is InChI=1S/C13H19F2NO3/c1-16(6-10(17)8-19-2)7-13(18)11-4-3-9(14)5-12(11)15/h3-5,10,13,17-18H,6-8H2,1-2H3. The van der Waals surface area contributed by atoms with Gasteiger partial charge in [0.15, 0.2) is 0 Å². The summed E-state index contributed by atoms with van der Waals surface area (Å²) in [4.78, 5) is 1.65. The summed E-state index contributed by atoms with van der Waals surface area (Å²) in [5.74, 6) is -1.46. The van der Waals surface area contributed by atoms with Crippen LogP contribution in [-0.2, 0) is 4.74 Å². The number of likely N-dealkylation sites (N-methyl/N-ethyl adjacent to an activating group) is 1. The van der Waals surface area contributed by atoms with Gasteiger partial charge in [-0.3, -0.25) is 0 Å². The van der Waals surface area contributed by atoms with Gasteiger partial charge in [0.05, 0.1) is 18.8 Å². The van der Waals surface area contributed by atoms with Crippen LogP contribution in [0.3, 0.4) is 0 Å². The molecule has 2 unspecified atom stereocenters. The van der Waals surface area contributed by atoms with Crippen molar-refractivity contribution >= 4 is 0 Å². The number of aliphatic hydroxyl groups is 2. The van der Waals surface area contributed by atoms with Gasteiger partial charge >= 0.3 is 0 Å². The van der Waals surface area contributed by atoms with Crippen molar-refractivity contribution in [2.45, 2.75) is 12.2 Å². The molecule has 0 aliphatic carbocycles. The Hall–Kier alpha value is -1.08. The van der Waals surface area contributed by atoms with Crippen LogP contribution in [-0.4, -0.2) is 55.1 Å². The third kappa shape index (κ3) is 5.20. The second-order valence-corrected chi connectivity index (χ2v) is 4.51. The van der Waals surface area contributed by atoms with E-state index >= 15 is 0 Å². The zero-order valence-electron chi connectivity index (χ0n) is 11.0. The zero-order chi connectivity index (χ0) is 14.4. The molecular weight excluding hydrogens is 256 g/mol. The van der Waals surface area contributed by atoms with Gasteiger partial charge < -0.3 is 19.8 Å². The molecule has 0 bridgehead atoms. The smallest absolute Gasteiger partial charge is 0.131 e. The molecule has 1 rings (SSSR count). The summed E-state index contributed by atoms with van der Waals surface area (Å²) in [5.41, 5.74) is 0.0366. The van der Waals surface area contributed by atoms with Crippen LogP contribution < -0.4 is 0 Å². The van der Waals surface area contributed by atoms with Crippen LogP contribution in [0.2, 0.25) is 0 Å². The van der Waals surface area contributed by atoms with Crippen molar-refractivity contribution in [1.82, 2.24) is 4.90 Å². The predicted molar refractivity (Wildman–Crippen MR) is 66.7 cm³/mol. The largest absolute Gasteiger partial charge is 0.389 e. The van der Waals surface area contributed by atoms with Crippen LogP contribution in [0.1, 0.15) is 11.7 Å². The highest BCUT2D eigenvalue weighted by Gasteiger charge is 2.17. The Morgan fingerprint density at radius 1 is 1.26 bits per heavy atom. The highest BCUT2D eigenvalue weighted by Crippen LogP contribution is 2.18. The first-order valence-electron chi connectivity index (χ1n) is 5.92. The monoisotopic (exact) mass is 275 g/mol. The first-order chi connectivity index (χ1) is 8.93. The number of hydrogen-bond donors (Lipinski definition) is 2. The van der Waals surface area contributed by atoms with Crippen LogP contribution in [0.25, 0.3) is 0 Å². The number of halogens is 2. The van der Waals surface area contributed by atoms with Gasteiger partial charge in [0.2, 0.25) is 0 Å². The Morgan fingerprint density at radius 2 is 1.95 bits per heavy atom. The molecule has 0 aliphatic rings. The van der Waals surface area contributed by atoms with Gasteiger partial charge in [-0.05, 0) is 13.1 Å². The molecule has 0 fully saturated rings. The van der Waals surface area contributed by atoms with Gasteiger partial charge in [-0.1, -0.05) is 6.07 Å². The Kier molecular flexibility index (Phi) is 6.30. The predicted octanol–water partition coefficient (Wildman–Crippen LogP) is 0.937. The van der Waals surface area contributed by atoms with E-state index in [1.807, 2.05) is 0 Å². The average Bonchev–Trinajstić information content (AvgIpc) is 2.28. The average molecular weight is 275 g/mol. The van der Waals surface area contributed by atoms with Crippen molar-refractivity contribution in [3.05, 3.63) is 35.4 Å². The number of rotatable bonds is 7. The number of methoxy groups -OCH3 is 1. The van der Waals surface area contributed by atoms with E-state index in [2.05, 4.69) is 0 Å². The first kappa shape index (κ1) is 16.0. The first-order valence-corrected chi connectivity index (χ1v) is 5.92. The highest BCUT2D eigenvalue weighted by molar-refractivity contribution is 5.21. The van der Waals surface area contributed by atoms with Crippen molar-refractivity contribution in [3.8, 4) is 0 Å². The third-order valence-corrected chi connectivity index (χ3v) is 2.69. The summed E-state index contributed by atoms with van der Waals surface area (Å²) in [6, 6.07) is 3.05. The van der Waals surface area contributed by atoms with Crippen LogP contribution in [0.5, 0.6) is 0 Å². The van der Waals surface area contributed by atoms with E-state index in [0.717, 1.165) is 12.1 Å². The molecule has 1 aromatic carbocycles. The second-order valence-electron chi connectivity index (χ2n) is 4.51. The molecule has 0 spiro atoms. The topological polar surface area (TPSA) is 52.9 Å². The molecule has 1 aromatic rings. The quantitative estimate of drug-likeness (QED) is 0.777. The highest BCUT2D eigenvalue weighted by atomic mass is 19.1. The molecule has 6 heteroatoms. The minimum atomic E-state index is -1.08. The number of hydrogen-bond acceptors (Lipinski definition) is 4. The third-order valence-electron chi connectivity index (χ3n) is 2.69. The lowest BCUT2D eigenvalue weighted by Gasteiger charge is -2.23. The normalized spacial score (nSPS) is 14.7. The number of ether oxygens (including phenoxy) is 1. The van der Waals surface area contributed by atoms with Gasteiger partial charge in [-0.2, -0.15) is 0 Å². The van der Waals surface area contributed by atoms with E-state index in [4.69, 9.17) is 4.74 Å². The number of benzene rings is 1. The van der Waals surface area contributed by atoms with Crippen molar-refractivity contribution in [3.63, 3.8) is 0 Å². The Labute approximate surface area is 111 Å². The maximum atomic E-state index is 13.4. The lowest BCUT2D eigenvalue weighted by molar-refractivity contribution is 0.0314. The SMILES string of the molecule is COCC(O)CN(C)CC(O)c1ccc(F)cc1F. The van der Waals surface area contributed by atoms with E-state index in [1.165, 1.54) is 13.2 Å². The lowest BCUT2D eigenvalue weighted by atomic mass is 10.1. The van der Waals surface area contributed by atoms with Crippen molar-refractivity contribution < 1.29 is 23.7 Å². The summed E-state index contributed by atoms with van der Waals surface area (Å²) in [6.07, 6.45) is -1.76. The molecule has 19 heavy (non-hydrogen) atoms. The number of nitrogens with zero attached hydrogens (tertiary/aromatic N) is 1. The van der Waals surface area contributed by atoms with Gasteiger partial charge in [0.1, 0.15) is 11.6 Å². The van der Waals surface area contributed by atoms with Gasteiger partial charge in [-0.25, -0.2) is 8.78 Å². The maximum absolute atomic E-state index is 13.4. The fraction of sp³-hybridized carbons (Fsp3) is 0.538. The van der Waals surface area contributed by atoms with E-state index in [1.54, 1.807) is 11.9 Å². The summed E-state index contributed by atoms with van der Waals surface area (Å²) in [5, 5.41) is 19.4. The van der Waals surface area contributed by atoms with Crippen molar-refractivity contribution in [2.75, 3.05) is 33.9 Å². The van der Waals surface area contributed by atoms with Crippen molar-refractivity contribution in [2.24, 2.45) is 0 Å². The lowest BCUT2D eigenvalue weighted by Crippen LogP contribution is -2.34. The number of aliphatic hydroxyl groups excluding tert-OH is 2. The fourth-order valence-electron chi connectivity index (χ4n) is 1.84. The van der Waals surface area contributed by atoms with Crippen LogP contribution in [0, 0.1) is 11.6 Å². The van der Waals surface area contributed by atoms with Gasteiger partial charge in [0, 0.05) is 31.8 Å². The Bertz CT molecular complexity index is 403. The minimum absolute atomic E-state index is 0.0366. The van der Waals surface area contributed by atoms with E-state index in [-0.39, 0.29) is 25.3 Å². The van der Waals surface area contributed by atoms with Crippen molar-refractivity contribution in [1.29, 1.82) is 0 Å². The molecule has 0 amide bonds. The van der Waals surface area contributed by atoms with Crippen LogP contribution in [0.15, 0.2) is 18.2 Å². The molecule has 0 saturated heterocycles. The summed E-state index contributed by atoms with van der Waals surface area (Å²) in [6.45, 7) is 0.600. The summed E-state index contributed by atoms with van der Waals surface area (Å²) >= 11 is 0. The minimum Gasteiger partial charge on any atom is -0.389 e. The van der Waals surface area contributed by atoms with Gasteiger partial charge in [-0.15, -0.1) is 0 Å². The zero-order valence-corrected chi connectivity index (χ0v) is 11.0. The molecule has 2 N–H and O–H groups in total. The Morgan fingerprint density at radius 3 is 2.53 bits per heavy atom. The summed E-state index contributed by atoms with van der Waals surface area (Å²) < 4.78 is 31.0. The molecule has 108 valence electrons. The molecule has 4 nitrogen and oxygen atoms in total. The molecule has 0 radical (unpaired) electrons. The van der Waals surface area contributed by atoms with E-state index in [9.17, 15) is 19.0 Å². The molecule has 0 aromatic heterocycles. The fourth-order valence-corrected chi connectivity index (χ4v) is 1.84. The maximum Gasteiger partial charge on any atom is 0.131 e.